The fourth-order valence-electron chi connectivity index (χ4n) is 3.96. The number of benzene rings is 3. The van der Waals surface area contributed by atoms with E-state index < -0.39 is 0 Å². The molecule has 1 fully saturated rings. The SMILES string of the molecule is c1ccc(COCC2C(OCc3ccccc3)CCN2Cc2ccccc2)cc1. The summed E-state index contributed by atoms with van der Waals surface area (Å²) >= 11 is 0. The Morgan fingerprint density at radius 1 is 0.690 bits per heavy atom. The second kappa shape index (κ2) is 10.4. The van der Waals surface area contributed by atoms with Crippen LogP contribution in [0, 0.1) is 0 Å². The minimum Gasteiger partial charge on any atom is -0.375 e. The molecule has 0 aromatic heterocycles. The van der Waals surface area contributed by atoms with Gasteiger partial charge in [-0.2, -0.15) is 0 Å². The normalized spacial score (nSPS) is 19.4. The second-order valence-electron chi connectivity index (χ2n) is 7.65. The number of likely N-dealkylation sites (tertiary alicyclic amines) is 1. The molecule has 150 valence electrons. The maximum absolute atomic E-state index is 6.35. The third-order valence-corrected chi connectivity index (χ3v) is 5.53. The molecule has 29 heavy (non-hydrogen) atoms. The topological polar surface area (TPSA) is 21.7 Å². The van der Waals surface area contributed by atoms with Crippen LogP contribution in [0.2, 0.25) is 0 Å². The minimum atomic E-state index is 0.190. The fraction of sp³-hybridized carbons (Fsp3) is 0.308. The Hall–Kier alpha value is -2.46. The van der Waals surface area contributed by atoms with E-state index in [1.807, 2.05) is 12.1 Å². The van der Waals surface area contributed by atoms with Gasteiger partial charge >= 0.3 is 0 Å². The van der Waals surface area contributed by atoms with Gasteiger partial charge in [-0.15, -0.1) is 0 Å². The van der Waals surface area contributed by atoms with Crippen LogP contribution in [0.25, 0.3) is 0 Å². The number of rotatable bonds is 9. The van der Waals surface area contributed by atoms with E-state index in [1.165, 1.54) is 16.7 Å². The van der Waals surface area contributed by atoms with Crippen LogP contribution in [0.15, 0.2) is 91.0 Å². The zero-order chi connectivity index (χ0) is 19.7. The Morgan fingerprint density at radius 2 is 1.24 bits per heavy atom. The lowest BCUT2D eigenvalue weighted by atomic mass is 10.1. The Labute approximate surface area is 173 Å². The highest BCUT2D eigenvalue weighted by Gasteiger charge is 2.35. The van der Waals surface area contributed by atoms with Gasteiger partial charge in [0.1, 0.15) is 0 Å². The predicted molar refractivity (Wildman–Crippen MR) is 116 cm³/mol. The predicted octanol–water partition coefficient (Wildman–Crippen LogP) is 5.06. The molecule has 0 amide bonds. The molecule has 0 aliphatic carbocycles. The molecule has 3 aromatic carbocycles. The molecule has 2 unspecified atom stereocenters. The average molecular weight is 388 g/mol. The zero-order valence-corrected chi connectivity index (χ0v) is 16.8. The van der Waals surface area contributed by atoms with Crippen LogP contribution in [0.5, 0.6) is 0 Å². The summed E-state index contributed by atoms with van der Waals surface area (Å²) in [7, 11) is 0. The summed E-state index contributed by atoms with van der Waals surface area (Å²) in [5, 5.41) is 0. The number of ether oxygens (including phenoxy) is 2. The quantitative estimate of drug-likeness (QED) is 0.512. The fourth-order valence-corrected chi connectivity index (χ4v) is 3.96. The lowest BCUT2D eigenvalue weighted by Crippen LogP contribution is -2.39. The molecule has 1 aliphatic rings. The summed E-state index contributed by atoms with van der Waals surface area (Å²) in [6.45, 7) is 3.95. The van der Waals surface area contributed by atoms with E-state index in [1.54, 1.807) is 0 Å². The summed E-state index contributed by atoms with van der Waals surface area (Å²) in [5.41, 5.74) is 3.77. The molecular formula is C26H29NO2. The van der Waals surface area contributed by atoms with E-state index in [2.05, 4.69) is 83.8 Å². The van der Waals surface area contributed by atoms with Gasteiger partial charge in [0.2, 0.25) is 0 Å². The molecule has 1 saturated heterocycles. The Bertz CT molecular complexity index is 838. The molecule has 4 rings (SSSR count). The standard InChI is InChI=1S/C26H29NO2/c1-4-10-22(11-5-1)18-27-17-16-26(29-20-24-14-8-3-9-15-24)25(27)21-28-19-23-12-6-2-7-13-23/h1-15,25-26H,16-21H2. The summed E-state index contributed by atoms with van der Waals surface area (Å²) in [6, 6.07) is 31.7. The van der Waals surface area contributed by atoms with Crippen molar-refractivity contribution in [2.75, 3.05) is 13.2 Å². The molecule has 1 heterocycles. The van der Waals surface area contributed by atoms with Crippen molar-refractivity contribution in [3.63, 3.8) is 0 Å². The lowest BCUT2D eigenvalue weighted by molar-refractivity contribution is -0.0236. The van der Waals surface area contributed by atoms with Crippen molar-refractivity contribution in [2.24, 2.45) is 0 Å². The molecule has 3 heteroatoms. The van der Waals surface area contributed by atoms with Crippen molar-refractivity contribution in [3.8, 4) is 0 Å². The van der Waals surface area contributed by atoms with Gasteiger partial charge in [0.05, 0.1) is 32.0 Å². The molecular weight excluding hydrogens is 358 g/mol. The van der Waals surface area contributed by atoms with E-state index in [0.29, 0.717) is 19.8 Å². The van der Waals surface area contributed by atoms with Crippen LogP contribution < -0.4 is 0 Å². The first-order valence-corrected chi connectivity index (χ1v) is 10.4. The molecule has 0 bridgehead atoms. The Morgan fingerprint density at radius 3 is 1.86 bits per heavy atom. The number of hydrogen-bond acceptors (Lipinski definition) is 3. The summed E-state index contributed by atoms with van der Waals surface area (Å²) in [5.74, 6) is 0. The van der Waals surface area contributed by atoms with Crippen LogP contribution in [0.4, 0.5) is 0 Å². The maximum atomic E-state index is 6.35. The largest absolute Gasteiger partial charge is 0.375 e. The first-order valence-electron chi connectivity index (χ1n) is 10.4. The zero-order valence-electron chi connectivity index (χ0n) is 16.8. The molecule has 2 atom stereocenters. The van der Waals surface area contributed by atoms with Crippen molar-refractivity contribution in [1.82, 2.24) is 4.90 Å². The first kappa shape index (κ1) is 19.8. The van der Waals surface area contributed by atoms with Gasteiger partial charge in [0.15, 0.2) is 0 Å². The molecule has 0 saturated carbocycles. The van der Waals surface area contributed by atoms with Gasteiger partial charge in [-0.25, -0.2) is 0 Å². The molecule has 1 aliphatic heterocycles. The lowest BCUT2D eigenvalue weighted by Gasteiger charge is -2.28. The highest BCUT2D eigenvalue weighted by atomic mass is 16.5. The third-order valence-electron chi connectivity index (χ3n) is 5.53. The molecule has 3 aromatic rings. The van der Waals surface area contributed by atoms with Crippen molar-refractivity contribution >= 4 is 0 Å². The summed E-state index contributed by atoms with van der Waals surface area (Å²) < 4.78 is 12.5. The molecule has 0 N–H and O–H groups in total. The van der Waals surface area contributed by atoms with Crippen molar-refractivity contribution in [1.29, 1.82) is 0 Å². The summed E-state index contributed by atoms with van der Waals surface area (Å²) in [4.78, 5) is 2.51. The van der Waals surface area contributed by atoms with Gasteiger partial charge in [-0.1, -0.05) is 91.0 Å². The first-order chi connectivity index (χ1) is 14.4. The number of nitrogens with zero attached hydrogens (tertiary/aromatic N) is 1. The van der Waals surface area contributed by atoms with Crippen LogP contribution in [-0.2, 0) is 29.2 Å². The van der Waals surface area contributed by atoms with E-state index in [9.17, 15) is 0 Å². The molecule has 3 nitrogen and oxygen atoms in total. The van der Waals surface area contributed by atoms with Crippen molar-refractivity contribution in [3.05, 3.63) is 108 Å². The number of hydrogen-bond donors (Lipinski definition) is 0. The Balaban J connectivity index is 1.38. The van der Waals surface area contributed by atoms with Crippen LogP contribution in [-0.4, -0.2) is 30.2 Å². The highest BCUT2D eigenvalue weighted by molar-refractivity contribution is 5.16. The van der Waals surface area contributed by atoms with Crippen LogP contribution in [0.1, 0.15) is 23.1 Å². The van der Waals surface area contributed by atoms with E-state index in [-0.39, 0.29) is 12.1 Å². The van der Waals surface area contributed by atoms with Crippen LogP contribution >= 0.6 is 0 Å². The van der Waals surface area contributed by atoms with Gasteiger partial charge in [0.25, 0.3) is 0 Å². The average Bonchev–Trinajstić information content (AvgIpc) is 3.16. The van der Waals surface area contributed by atoms with E-state index in [0.717, 1.165) is 19.5 Å². The Kier molecular flexibility index (Phi) is 7.08. The second-order valence-corrected chi connectivity index (χ2v) is 7.65. The van der Waals surface area contributed by atoms with Gasteiger partial charge in [-0.05, 0) is 23.1 Å². The van der Waals surface area contributed by atoms with E-state index >= 15 is 0 Å². The maximum Gasteiger partial charge on any atom is 0.0769 e. The van der Waals surface area contributed by atoms with Crippen molar-refractivity contribution in [2.45, 2.75) is 38.3 Å². The molecule has 0 spiro atoms. The molecule has 0 radical (unpaired) electrons. The third kappa shape index (κ3) is 5.77. The monoisotopic (exact) mass is 387 g/mol. The smallest absolute Gasteiger partial charge is 0.0769 e. The van der Waals surface area contributed by atoms with Gasteiger partial charge in [0, 0.05) is 13.1 Å². The van der Waals surface area contributed by atoms with Gasteiger partial charge < -0.3 is 9.47 Å². The minimum absolute atomic E-state index is 0.190. The van der Waals surface area contributed by atoms with Crippen LogP contribution in [0.3, 0.4) is 0 Å². The van der Waals surface area contributed by atoms with E-state index in [4.69, 9.17) is 9.47 Å². The highest BCUT2D eigenvalue weighted by Crippen LogP contribution is 2.25. The summed E-state index contributed by atoms with van der Waals surface area (Å²) in [6.07, 6.45) is 1.23. The van der Waals surface area contributed by atoms with Gasteiger partial charge in [-0.3, -0.25) is 4.90 Å². The van der Waals surface area contributed by atoms with Crippen molar-refractivity contribution < 1.29 is 9.47 Å².